The van der Waals surface area contributed by atoms with Gasteiger partial charge in [0.25, 0.3) is 11.8 Å². The number of aryl methyl sites for hydroxylation is 1. The quantitative estimate of drug-likeness (QED) is 0.756. The summed E-state index contributed by atoms with van der Waals surface area (Å²) < 4.78 is 13.9. The number of hydrogen-bond donors (Lipinski definition) is 0. The van der Waals surface area contributed by atoms with Crippen molar-refractivity contribution in [3.8, 4) is 0 Å². The summed E-state index contributed by atoms with van der Waals surface area (Å²) >= 11 is 6.15. The van der Waals surface area contributed by atoms with E-state index in [2.05, 4.69) is 10.3 Å². The van der Waals surface area contributed by atoms with Gasteiger partial charge < -0.3 is 0 Å². The largest absolute Gasteiger partial charge is 0.271 e. The van der Waals surface area contributed by atoms with Crippen molar-refractivity contribution < 1.29 is 14.0 Å². The lowest BCUT2D eigenvalue weighted by Gasteiger charge is -2.22. The van der Waals surface area contributed by atoms with Gasteiger partial charge in [-0.05, 0) is 49.2 Å². The molecule has 2 amide bonds. The molecule has 0 aliphatic carbocycles. The minimum absolute atomic E-state index is 0.190. The number of carbonyl (C=O) groups is 2. The number of hydrogen-bond acceptors (Lipinski definition) is 5. The SMILES string of the molecule is Cc1ccc(N2C(=O)[C@@H]3N=NN(c4cccc(Cl)c4C)[C@H]3C2=O)cc1F. The molecule has 0 N–H and O–H groups in total. The minimum atomic E-state index is -0.953. The van der Waals surface area contributed by atoms with Crippen LogP contribution in [0.4, 0.5) is 15.8 Å². The van der Waals surface area contributed by atoms with E-state index in [0.29, 0.717) is 16.3 Å². The van der Waals surface area contributed by atoms with Crippen LogP contribution in [0.2, 0.25) is 5.02 Å². The number of halogens is 2. The van der Waals surface area contributed by atoms with Crippen molar-refractivity contribution in [3.05, 3.63) is 58.4 Å². The van der Waals surface area contributed by atoms with Crippen LogP contribution in [0, 0.1) is 19.7 Å². The molecule has 0 spiro atoms. The summed E-state index contributed by atoms with van der Waals surface area (Å²) in [5, 5.41) is 9.92. The number of carbonyl (C=O) groups excluding carboxylic acids is 2. The van der Waals surface area contributed by atoms with E-state index in [1.165, 1.54) is 17.1 Å². The number of anilines is 2. The molecule has 4 rings (SSSR count). The molecule has 2 aliphatic heterocycles. The molecular formula is C18H14ClFN4O2. The highest BCUT2D eigenvalue weighted by atomic mass is 35.5. The molecule has 2 aliphatic rings. The van der Waals surface area contributed by atoms with Gasteiger partial charge in [0.1, 0.15) is 5.82 Å². The molecule has 0 aromatic heterocycles. The van der Waals surface area contributed by atoms with Crippen molar-refractivity contribution in [2.45, 2.75) is 25.9 Å². The number of fused-ring (bicyclic) bond motifs is 1. The fraction of sp³-hybridized carbons (Fsp3) is 0.222. The highest BCUT2D eigenvalue weighted by molar-refractivity contribution is 6.32. The number of rotatable bonds is 2. The Hall–Kier alpha value is -2.80. The molecule has 0 saturated carbocycles. The highest BCUT2D eigenvalue weighted by Gasteiger charge is 2.55. The molecule has 0 radical (unpaired) electrons. The fourth-order valence-electron chi connectivity index (χ4n) is 3.18. The Morgan fingerprint density at radius 1 is 1.12 bits per heavy atom. The zero-order valence-corrected chi connectivity index (χ0v) is 14.7. The van der Waals surface area contributed by atoms with E-state index in [4.69, 9.17) is 11.6 Å². The van der Waals surface area contributed by atoms with E-state index in [1.54, 1.807) is 38.1 Å². The maximum Gasteiger partial charge on any atom is 0.263 e. The lowest BCUT2D eigenvalue weighted by Crippen LogP contribution is -2.40. The standard InChI is InChI=1S/C18H14ClFN4O2/c1-9-6-7-11(8-13(9)20)23-17(25)15-16(18(23)26)24(22-21-15)14-5-3-4-12(19)10(14)2/h3-8,15-16H,1-2H3/t15-,16-/m1/s1. The molecule has 6 nitrogen and oxygen atoms in total. The van der Waals surface area contributed by atoms with E-state index >= 15 is 0 Å². The van der Waals surface area contributed by atoms with Crippen LogP contribution < -0.4 is 9.91 Å². The van der Waals surface area contributed by atoms with Crippen LogP contribution in [-0.2, 0) is 9.59 Å². The molecule has 2 atom stereocenters. The predicted molar refractivity (Wildman–Crippen MR) is 94.7 cm³/mol. The summed E-state index contributed by atoms with van der Waals surface area (Å²) in [6.45, 7) is 3.41. The average molecular weight is 373 g/mol. The zero-order chi connectivity index (χ0) is 18.6. The lowest BCUT2D eigenvalue weighted by molar-refractivity contribution is -0.121. The van der Waals surface area contributed by atoms with Gasteiger partial charge in [-0.2, -0.15) is 5.11 Å². The van der Waals surface area contributed by atoms with Gasteiger partial charge in [-0.15, -0.1) is 0 Å². The Labute approximate surface area is 153 Å². The number of benzene rings is 2. The molecular weight excluding hydrogens is 359 g/mol. The first-order valence-electron chi connectivity index (χ1n) is 7.99. The summed E-state index contributed by atoms with van der Waals surface area (Å²) in [6, 6.07) is 7.62. The van der Waals surface area contributed by atoms with E-state index in [1.807, 2.05) is 0 Å². The first-order valence-corrected chi connectivity index (χ1v) is 8.37. The van der Waals surface area contributed by atoms with Gasteiger partial charge in [-0.25, -0.2) is 14.3 Å². The Kier molecular flexibility index (Phi) is 3.77. The molecule has 0 unspecified atom stereocenters. The lowest BCUT2D eigenvalue weighted by atomic mass is 10.1. The Bertz CT molecular complexity index is 978. The molecule has 26 heavy (non-hydrogen) atoms. The normalized spacial score (nSPS) is 21.7. The van der Waals surface area contributed by atoms with Crippen LogP contribution >= 0.6 is 11.6 Å². The van der Waals surface area contributed by atoms with Crippen LogP contribution in [0.3, 0.4) is 0 Å². The summed E-state index contributed by atoms with van der Waals surface area (Å²) in [5.74, 6) is -1.49. The second kappa shape index (κ2) is 5.88. The van der Waals surface area contributed by atoms with Gasteiger partial charge in [0.05, 0.1) is 11.4 Å². The molecule has 2 heterocycles. The van der Waals surface area contributed by atoms with E-state index in [-0.39, 0.29) is 5.69 Å². The molecule has 1 saturated heterocycles. The third-order valence-corrected chi connectivity index (χ3v) is 5.09. The van der Waals surface area contributed by atoms with E-state index in [9.17, 15) is 14.0 Å². The van der Waals surface area contributed by atoms with Crippen molar-refractivity contribution in [2.75, 3.05) is 9.91 Å². The molecule has 1 fully saturated rings. The zero-order valence-electron chi connectivity index (χ0n) is 14.0. The first kappa shape index (κ1) is 16.7. The maximum absolute atomic E-state index is 13.9. The van der Waals surface area contributed by atoms with Crippen molar-refractivity contribution in [1.82, 2.24) is 0 Å². The van der Waals surface area contributed by atoms with Gasteiger partial charge in [0.15, 0.2) is 12.1 Å². The highest BCUT2D eigenvalue weighted by Crippen LogP contribution is 2.37. The third kappa shape index (κ3) is 2.31. The second-order valence-corrected chi connectivity index (χ2v) is 6.68. The summed E-state index contributed by atoms with van der Waals surface area (Å²) in [6.07, 6.45) is 0. The Morgan fingerprint density at radius 2 is 1.88 bits per heavy atom. The van der Waals surface area contributed by atoms with Crippen molar-refractivity contribution in [3.63, 3.8) is 0 Å². The molecule has 2 aromatic rings. The molecule has 2 aromatic carbocycles. The topological polar surface area (TPSA) is 65.3 Å². The summed E-state index contributed by atoms with van der Waals surface area (Å²) in [7, 11) is 0. The van der Waals surface area contributed by atoms with Gasteiger partial charge in [0, 0.05) is 5.02 Å². The predicted octanol–water partition coefficient (Wildman–Crippen LogP) is 3.59. The third-order valence-electron chi connectivity index (χ3n) is 4.68. The first-order chi connectivity index (χ1) is 12.4. The summed E-state index contributed by atoms with van der Waals surface area (Å²) in [5.41, 5.74) is 1.96. The average Bonchev–Trinajstić information content (AvgIpc) is 3.14. The fourth-order valence-corrected chi connectivity index (χ4v) is 3.35. The van der Waals surface area contributed by atoms with E-state index < -0.39 is 29.7 Å². The molecule has 8 heteroatoms. The van der Waals surface area contributed by atoms with Gasteiger partial charge in [0.2, 0.25) is 0 Å². The van der Waals surface area contributed by atoms with Gasteiger partial charge in [-0.3, -0.25) is 9.59 Å². The van der Waals surface area contributed by atoms with Crippen LogP contribution in [0.25, 0.3) is 0 Å². The van der Waals surface area contributed by atoms with Crippen molar-refractivity contribution >= 4 is 34.8 Å². The molecule has 0 bridgehead atoms. The summed E-state index contributed by atoms with van der Waals surface area (Å²) in [4.78, 5) is 26.6. The van der Waals surface area contributed by atoms with E-state index in [0.717, 1.165) is 10.5 Å². The van der Waals surface area contributed by atoms with Gasteiger partial charge in [-0.1, -0.05) is 29.0 Å². The van der Waals surface area contributed by atoms with Crippen LogP contribution in [0.15, 0.2) is 46.7 Å². The van der Waals surface area contributed by atoms with Crippen LogP contribution in [0.1, 0.15) is 11.1 Å². The van der Waals surface area contributed by atoms with Crippen molar-refractivity contribution in [2.24, 2.45) is 10.3 Å². The Morgan fingerprint density at radius 3 is 2.62 bits per heavy atom. The Balaban J connectivity index is 1.74. The maximum atomic E-state index is 13.9. The van der Waals surface area contributed by atoms with Crippen LogP contribution in [0.5, 0.6) is 0 Å². The van der Waals surface area contributed by atoms with Crippen LogP contribution in [-0.4, -0.2) is 23.9 Å². The second-order valence-electron chi connectivity index (χ2n) is 6.27. The van der Waals surface area contributed by atoms with Gasteiger partial charge >= 0.3 is 0 Å². The number of imide groups is 1. The molecule has 132 valence electrons. The minimum Gasteiger partial charge on any atom is -0.271 e. The smallest absolute Gasteiger partial charge is 0.263 e. The number of nitrogens with zero attached hydrogens (tertiary/aromatic N) is 4. The van der Waals surface area contributed by atoms with Crippen molar-refractivity contribution in [1.29, 1.82) is 0 Å². The monoisotopic (exact) mass is 372 g/mol. The number of amides is 2.